The summed E-state index contributed by atoms with van der Waals surface area (Å²) in [6, 6.07) is 7.67. The van der Waals surface area contributed by atoms with Gasteiger partial charge < -0.3 is 10.2 Å². The average molecular weight is 296 g/mol. The lowest BCUT2D eigenvalue weighted by molar-refractivity contribution is -0.109. The maximum atomic E-state index is 10.8. The number of thioether (sulfide) groups is 1. The molecule has 2 atom stereocenters. The smallest absolute Gasteiger partial charge is 0.185 e. The predicted molar refractivity (Wildman–Crippen MR) is 83.9 cm³/mol. The van der Waals surface area contributed by atoms with Crippen LogP contribution in [0.4, 0.5) is 0 Å². The van der Waals surface area contributed by atoms with Crippen molar-refractivity contribution in [2.24, 2.45) is 0 Å². The van der Waals surface area contributed by atoms with Gasteiger partial charge in [-0.1, -0.05) is 56.8 Å². The van der Waals surface area contributed by atoms with Crippen molar-refractivity contribution >= 4 is 16.9 Å². The molecule has 0 amide bonds. The minimum Gasteiger partial charge on any atom is -0.390 e. The molecule has 0 aliphatic heterocycles. The molecule has 0 bridgehead atoms. The van der Waals surface area contributed by atoms with Gasteiger partial charge in [0.25, 0.3) is 0 Å². The van der Waals surface area contributed by atoms with Crippen LogP contribution in [-0.4, -0.2) is 27.2 Å². The van der Waals surface area contributed by atoms with Crippen molar-refractivity contribution in [1.29, 1.82) is 0 Å². The van der Waals surface area contributed by atoms with Gasteiger partial charge in [-0.05, 0) is 23.0 Å². The number of rotatable bonds is 5. The van der Waals surface area contributed by atoms with Crippen LogP contribution in [0.2, 0.25) is 0 Å². The minimum atomic E-state index is -0.906. The van der Waals surface area contributed by atoms with E-state index in [-0.39, 0.29) is 10.5 Å². The van der Waals surface area contributed by atoms with Crippen molar-refractivity contribution in [3.05, 3.63) is 35.4 Å². The summed E-state index contributed by atoms with van der Waals surface area (Å²) >= 11 is 1.17. The van der Waals surface area contributed by atoms with Gasteiger partial charge in [0.1, 0.15) is 6.10 Å². The lowest BCUT2D eigenvalue weighted by Crippen LogP contribution is -2.19. The van der Waals surface area contributed by atoms with Crippen molar-refractivity contribution in [1.82, 2.24) is 0 Å². The summed E-state index contributed by atoms with van der Waals surface area (Å²) in [6.45, 7) is 7.89. The molecule has 0 aromatic heterocycles. The van der Waals surface area contributed by atoms with Gasteiger partial charge in [-0.3, -0.25) is 4.79 Å². The van der Waals surface area contributed by atoms with Crippen LogP contribution in [0, 0.1) is 0 Å². The molecule has 0 saturated carbocycles. The summed E-state index contributed by atoms with van der Waals surface area (Å²) in [5.74, 6) is 0.521. The molecular formula is C16H24O3S. The number of carbonyl (C=O) groups is 1. The van der Waals surface area contributed by atoms with E-state index in [1.807, 2.05) is 24.3 Å². The molecule has 0 fully saturated rings. The maximum Gasteiger partial charge on any atom is 0.185 e. The van der Waals surface area contributed by atoms with E-state index in [0.29, 0.717) is 17.7 Å². The van der Waals surface area contributed by atoms with Gasteiger partial charge in [-0.15, -0.1) is 0 Å². The predicted octanol–water partition coefficient (Wildman–Crippen LogP) is 3.05. The normalized spacial score (nSPS) is 14.9. The van der Waals surface area contributed by atoms with Crippen LogP contribution in [-0.2, 0) is 10.2 Å². The number of hydrogen-bond donors (Lipinski definition) is 2. The summed E-state index contributed by atoms with van der Waals surface area (Å²) < 4.78 is 0. The molecule has 0 aliphatic rings. The first kappa shape index (κ1) is 17.2. The lowest BCUT2D eigenvalue weighted by atomic mass is 9.86. The van der Waals surface area contributed by atoms with Crippen LogP contribution < -0.4 is 0 Å². The fourth-order valence-corrected chi connectivity index (χ4v) is 2.53. The van der Waals surface area contributed by atoms with Crippen LogP contribution >= 0.6 is 11.8 Å². The van der Waals surface area contributed by atoms with E-state index in [1.54, 1.807) is 0 Å². The third-order valence-corrected chi connectivity index (χ3v) is 4.05. The highest BCUT2D eigenvalue weighted by Crippen LogP contribution is 2.26. The van der Waals surface area contributed by atoms with Crippen LogP contribution in [0.15, 0.2) is 24.3 Å². The molecule has 1 aromatic rings. The fourth-order valence-electron chi connectivity index (χ4n) is 1.88. The highest BCUT2D eigenvalue weighted by atomic mass is 32.2. The molecular weight excluding hydrogens is 272 g/mol. The zero-order valence-electron chi connectivity index (χ0n) is 12.6. The molecule has 0 saturated heterocycles. The zero-order chi connectivity index (χ0) is 15.3. The molecule has 2 N–H and O–H groups in total. The van der Waals surface area contributed by atoms with Crippen LogP contribution in [0.3, 0.4) is 0 Å². The Bertz CT molecular complexity index is 434. The van der Waals surface area contributed by atoms with Crippen molar-refractivity contribution in [2.75, 3.05) is 5.75 Å². The molecule has 20 heavy (non-hydrogen) atoms. The number of aliphatic hydroxyl groups is 2. The Hall–Kier alpha value is -0.840. The first-order valence-electron chi connectivity index (χ1n) is 6.81. The SMILES string of the molecule is CC(=O)SCCC(O)C(O)c1ccc(C(C)(C)C)cc1. The second-order valence-electron chi connectivity index (χ2n) is 6.01. The van der Waals surface area contributed by atoms with Gasteiger partial charge in [0.05, 0.1) is 6.10 Å². The molecule has 0 heterocycles. The van der Waals surface area contributed by atoms with E-state index < -0.39 is 12.2 Å². The van der Waals surface area contributed by atoms with Crippen LogP contribution in [0.25, 0.3) is 0 Å². The van der Waals surface area contributed by atoms with Gasteiger partial charge >= 0.3 is 0 Å². The number of benzene rings is 1. The van der Waals surface area contributed by atoms with E-state index >= 15 is 0 Å². The third-order valence-electron chi connectivity index (χ3n) is 3.20. The molecule has 0 spiro atoms. The molecule has 3 nitrogen and oxygen atoms in total. The number of hydrogen-bond acceptors (Lipinski definition) is 4. The van der Waals surface area contributed by atoms with E-state index in [2.05, 4.69) is 20.8 Å². The summed E-state index contributed by atoms with van der Waals surface area (Å²) in [4.78, 5) is 10.8. The van der Waals surface area contributed by atoms with Gasteiger partial charge in [-0.25, -0.2) is 0 Å². The highest BCUT2D eigenvalue weighted by Gasteiger charge is 2.19. The Morgan fingerprint density at radius 1 is 1.20 bits per heavy atom. The standard InChI is InChI=1S/C16H24O3S/c1-11(17)20-10-9-14(18)15(19)12-5-7-13(8-6-12)16(2,3)4/h5-8,14-15,18-19H,9-10H2,1-4H3. The summed E-state index contributed by atoms with van der Waals surface area (Å²) in [6.07, 6.45) is -1.36. The van der Waals surface area contributed by atoms with Crippen molar-refractivity contribution in [3.63, 3.8) is 0 Å². The Labute approximate surface area is 125 Å². The molecule has 2 unspecified atom stereocenters. The Balaban J connectivity index is 2.62. The fraction of sp³-hybridized carbons (Fsp3) is 0.562. The van der Waals surface area contributed by atoms with Gasteiger partial charge in [0.2, 0.25) is 0 Å². The topological polar surface area (TPSA) is 57.5 Å². The Kier molecular flexibility index (Phi) is 6.24. The van der Waals surface area contributed by atoms with E-state index in [9.17, 15) is 15.0 Å². The molecule has 1 rings (SSSR count). The van der Waals surface area contributed by atoms with Gasteiger partial charge in [-0.2, -0.15) is 0 Å². The molecule has 4 heteroatoms. The molecule has 112 valence electrons. The molecule has 0 radical (unpaired) electrons. The quantitative estimate of drug-likeness (QED) is 0.877. The number of aliphatic hydroxyl groups excluding tert-OH is 2. The van der Waals surface area contributed by atoms with Crippen molar-refractivity contribution in [2.45, 2.75) is 51.7 Å². The molecule has 1 aromatic carbocycles. The summed E-state index contributed by atoms with van der Waals surface area (Å²) in [5.41, 5.74) is 1.97. The van der Waals surface area contributed by atoms with Gasteiger partial charge in [0.15, 0.2) is 5.12 Å². The van der Waals surface area contributed by atoms with E-state index in [4.69, 9.17) is 0 Å². The van der Waals surface area contributed by atoms with E-state index in [0.717, 1.165) is 0 Å². The first-order chi connectivity index (χ1) is 9.21. The van der Waals surface area contributed by atoms with Crippen molar-refractivity contribution in [3.8, 4) is 0 Å². The maximum absolute atomic E-state index is 10.8. The van der Waals surface area contributed by atoms with E-state index in [1.165, 1.54) is 24.2 Å². The third kappa shape index (κ3) is 5.27. The highest BCUT2D eigenvalue weighted by molar-refractivity contribution is 8.13. The monoisotopic (exact) mass is 296 g/mol. The Morgan fingerprint density at radius 3 is 2.20 bits per heavy atom. The van der Waals surface area contributed by atoms with Gasteiger partial charge in [0, 0.05) is 12.7 Å². The van der Waals surface area contributed by atoms with Crippen LogP contribution in [0.5, 0.6) is 0 Å². The zero-order valence-corrected chi connectivity index (χ0v) is 13.4. The lowest BCUT2D eigenvalue weighted by Gasteiger charge is -2.21. The first-order valence-corrected chi connectivity index (χ1v) is 7.80. The average Bonchev–Trinajstić information content (AvgIpc) is 2.36. The molecule has 0 aliphatic carbocycles. The summed E-state index contributed by atoms with van der Waals surface area (Å²) in [7, 11) is 0. The second-order valence-corrected chi connectivity index (χ2v) is 7.28. The minimum absolute atomic E-state index is 0.0289. The Morgan fingerprint density at radius 2 is 1.75 bits per heavy atom. The van der Waals surface area contributed by atoms with Crippen molar-refractivity contribution < 1.29 is 15.0 Å². The summed E-state index contributed by atoms with van der Waals surface area (Å²) in [5, 5.41) is 20.1. The second kappa shape index (κ2) is 7.25. The van der Waals surface area contributed by atoms with Crippen LogP contribution in [0.1, 0.15) is 51.3 Å². The largest absolute Gasteiger partial charge is 0.390 e. The number of carbonyl (C=O) groups excluding carboxylic acids is 1.